The van der Waals surface area contributed by atoms with Gasteiger partial charge in [-0.3, -0.25) is 10.1 Å². The second-order valence-corrected chi connectivity index (χ2v) is 7.42. The number of alkyl halides is 6. The normalized spacial score (nSPS) is 24.8. The molecule has 0 aliphatic carbocycles. The van der Waals surface area contributed by atoms with Crippen molar-refractivity contribution in [1.29, 1.82) is 5.26 Å². The Hall–Kier alpha value is -2.03. The Balaban J connectivity index is 0.00000341. The molecule has 12 heteroatoms. The number of halogens is 7. The van der Waals surface area contributed by atoms with Gasteiger partial charge in [-0.2, -0.15) is 31.6 Å². The fourth-order valence-electron chi connectivity index (χ4n) is 4.03. The number of hydrogen-bond donors (Lipinski definition) is 2. The lowest BCUT2D eigenvalue weighted by Crippen LogP contribution is -2.49. The van der Waals surface area contributed by atoms with Crippen molar-refractivity contribution in [2.75, 3.05) is 26.2 Å². The van der Waals surface area contributed by atoms with Crippen LogP contribution in [-0.4, -0.2) is 55.2 Å². The van der Waals surface area contributed by atoms with E-state index in [0.29, 0.717) is 38.7 Å². The van der Waals surface area contributed by atoms with Crippen LogP contribution in [0.15, 0.2) is 18.2 Å². The Kier molecular flexibility index (Phi) is 7.84. The lowest BCUT2D eigenvalue weighted by molar-refractivity contribution is -0.156. The molecule has 172 valence electrons. The van der Waals surface area contributed by atoms with Gasteiger partial charge in [-0.05, 0) is 37.1 Å². The molecule has 1 amide bonds. The van der Waals surface area contributed by atoms with E-state index < -0.39 is 47.4 Å². The Morgan fingerprint density at radius 2 is 1.84 bits per heavy atom. The van der Waals surface area contributed by atoms with Gasteiger partial charge >= 0.3 is 12.4 Å². The fourth-order valence-corrected chi connectivity index (χ4v) is 4.03. The summed E-state index contributed by atoms with van der Waals surface area (Å²) >= 11 is 0. The highest BCUT2D eigenvalue weighted by molar-refractivity contribution is 5.85. The van der Waals surface area contributed by atoms with Crippen LogP contribution in [0, 0.1) is 11.3 Å². The standard InChI is InChI=1S/C19H20F6N4O.ClH/c20-18(21,22)14-8-11(2-3-12(14)10-26)13-9-15(28-16(13)19(23,24)25)17(30)29-6-1-4-27-5-7-29;/h2-3,8,13,15-16,27-28H,1,4-7,9H2;1H/t13?,15-,16+;/m0./s1. The molecule has 5 nitrogen and oxygen atoms in total. The van der Waals surface area contributed by atoms with Crippen LogP contribution < -0.4 is 10.6 Å². The van der Waals surface area contributed by atoms with Crippen LogP contribution in [0.1, 0.15) is 35.4 Å². The summed E-state index contributed by atoms with van der Waals surface area (Å²) in [5.74, 6) is -1.86. The zero-order valence-corrected chi connectivity index (χ0v) is 17.0. The summed E-state index contributed by atoms with van der Waals surface area (Å²) in [4.78, 5) is 14.3. The molecule has 0 spiro atoms. The van der Waals surface area contributed by atoms with Crippen molar-refractivity contribution in [2.45, 2.75) is 43.2 Å². The van der Waals surface area contributed by atoms with Gasteiger partial charge in [-0.1, -0.05) is 6.07 Å². The number of nitrogens with one attached hydrogen (secondary N) is 2. The van der Waals surface area contributed by atoms with E-state index in [0.717, 1.165) is 12.1 Å². The van der Waals surface area contributed by atoms with Gasteiger partial charge in [0.05, 0.1) is 23.2 Å². The van der Waals surface area contributed by atoms with Gasteiger partial charge in [0, 0.05) is 25.6 Å². The summed E-state index contributed by atoms with van der Waals surface area (Å²) in [6, 6.07) is 0.667. The Bertz CT molecular complexity index is 830. The van der Waals surface area contributed by atoms with Gasteiger partial charge in [0.15, 0.2) is 0 Å². The van der Waals surface area contributed by atoms with E-state index in [1.54, 1.807) is 0 Å². The van der Waals surface area contributed by atoms with E-state index in [4.69, 9.17) is 5.26 Å². The quantitative estimate of drug-likeness (QED) is 0.651. The molecule has 2 heterocycles. The minimum atomic E-state index is -4.88. The topological polar surface area (TPSA) is 68.2 Å². The first-order valence-electron chi connectivity index (χ1n) is 9.46. The highest BCUT2D eigenvalue weighted by atomic mass is 35.5. The summed E-state index contributed by atoms with van der Waals surface area (Å²) in [5, 5.41) is 14.3. The lowest BCUT2D eigenvalue weighted by Gasteiger charge is -2.25. The van der Waals surface area contributed by atoms with Crippen LogP contribution in [0.5, 0.6) is 0 Å². The highest BCUT2D eigenvalue weighted by Crippen LogP contribution is 2.42. The zero-order valence-electron chi connectivity index (χ0n) is 16.2. The predicted molar refractivity (Wildman–Crippen MR) is 102 cm³/mol. The average molecular weight is 471 g/mol. The molecule has 3 rings (SSSR count). The number of rotatable bonds is 2. The third-order valence-corrected chi connectivity index (χ3v) is 5.47. The molecule has 0 radical (unpaired) electrons. The number of carbonyl (C=O) groups is 1. The maximum Gasteiger partial charge on any atom is 0.417 e. The largest absolute Gasteiger partial charge is 0.417 e. The Labute approximate surface area is 181 Å². The van der Waals surface area contributed by atoms with Crippen LogP contribution in [0.25, 0.3) is 0 Å². The summed E-state index contributed by atoms with van der Waals surface area (Å²) < 4.78 is 80.7. The van der Waals surface area contributed by atoms with E-state index in [2.05, 4.69) is 10.6 Å². The van der Waals surface area contributed by atoms with Crippen LogP contribution in [0.4, 0.5) is 26.3 Å². The van der Waals surface area contributed by atoms with Crippen molar-refractivity contribution in [2.24, 2.45) is 0 Å². The highest BCUT2D eigenvalue weighted by Gasteiger charge is 2.52. The SMILES string of the molecule is Cl.N#Cc1ccc(C2C[C@@H](C(=O)N3CCCNCC3)N[C@H]2C(F)(F)F)cc1C(F)(F)F. The van der Waals surface area contributed by atoms with Crippen LogP contribution >= 0.6 is 12.4 Å². The first-order valence-corrected chi connectivity index (χ1v) is 9.46. The second kappa shape index (κ2) is 9.63. The molecule has 2 N–H and O–H groups in total. The molecule has 2 aliphatic heterocycles. The number of hydrogen-bond acceptors (Lipinski definition) is 4. The van der Waals surface area contributed by atoms with Crippen LogP contribution in [0.3, 0.4) is 0 Å². The van der Waals surface area contributed by atoms with Gasteiger partial charge < -0.3 is 10.2 Å². The molecule has 0 aromatic heterocycles. The Morgan fingerprint density at radius 3 is 2.45 bits per heavy atom. The number of nitrogens with zero attached hydrogens (tertiary/aromatic N) is 2. The summed E-state index contributed by atoms with van der Waals surface area (Å²) in [5.41, 5.74) is -2.15. The molecule has 2 aliphatic rings. The maximum atomic E-state index is 13.6. The molecule has 31 heavy (non-hydrogen) atoms. The predicted octanol–water partition coefficient (Wildman–Crippen LogP) is 3.20. The molecule has 1 unspecified atom stereocenters. The monoisotopic (exact) mass is 470 g/mol. The van der Waals surface area contributed by atoms with Crippen molar-refractivity contribution in [1.82, 2.24) is 15.5 Å². The maximum absolute atomic E-state index is 13.6. The van der Waals surface area contributed by atoms with E-state index in [9.17, 15) is 31.1 Å². The van der Waals surface area contributed by atoms with Crippen molar-refractivity contribution >= 4 is 18.3 Å². The third-order valence-electron chi connectivity index (χ3n) is 5.47. The lowest BCUT2D eigenvalue weighted by atomic mass is 9.88. The first kappa shape index (κ1) is 25.2. The molecule has 1 aromatic rings. The molecule has 1 aromatic carbocycles. The van der Waals surface area contributed by atoms with E-state index in [-0.39, 0.29) is 24.4 Å². The molecule has 2 fully saturated rings. The van der Waals surface area contributed by atoms with Gasteiger partial charge in [0.25, 0.3) is 0 Å². The number of carbonyl (C=O) groups excluding carboxylic acids is 1. The smallest absolute Gasteiger partial charge is 0.340 e. The molecule has 0 bridgehead atoms. The number of nitriles is 1. The van der Waals surface area contributed by atoms with Crippen LogP contribution in [0.2, 0.25) is 0 Å². The second-order valence-electron chi connectivity index (χ2n) is 7.42. The van der Waals surface area contributed by atoms with Gasteiger partial charge in [-0.15, -0.1) is 12.4 Å². The Morgan fingerprint density at radius 1 is 1.13 bits per heavy atom. The van der Waals surface area contributed by atoms with Crippen molar-refractivity contribution in [3.05, 3.63) is 34.9 Å². The van der Waals surface area contributed by atoms with Gasteiger partial charge in [0.2, 0.25) is 5.91 Å². The number of benzene rings is 1. The van der Waals surface area contributed by atoms with E-state index in [1.807, 2.05) is 0 Å². The summed E-state index contributed by atoms with van der Waals surface area (Å²) in [7, 11) is 0. The first-order chi connectivity index (χ1) is 14.0. The van der Waals surface area contributed by atoms with Crippen molar-refractivity contribution in [3.8, 4) is 6.07 Å². The minimum Gasteiger partial charge on any atom is -0.340 e. The molecular weight excluding hydrogens is 450 g/mol. The number of amides is 1. The third kappa shape index (κ3) is 5.61. The average Bonchev–Trinajstić information content (AvgIpc) is 2.96. The van der Waals surface area contributed by atoms with E-state index >= 15 is 0 Å². The van der Waals surface area contributed by atoms with E-state index in [1.165, 1.54) is 11.0 Å². The molecular formula is C19H21ClF6N4O. The minimum absolute atomic E-state index is 0. The summed E-state index contributed by atoms with van der Waals surface area (Å²) in [6.07, 6.45) is -9.26. The molecule has 3 atom stereocenters. The fraction of sp³-hybridized carbons (Fsp3) is 0.579. The van der Waals surface area contributed by atoms with Gasteiger partial charge in [0.1, 0.15) is 6.04 Å². The van der Waals surface area contributed by atoms with Crippen LogP contribution in [-0.2, 0) is 11.0 Å². The van der Waals surface area contributed by atoms with Gasteiger partial charge in [-0.25, -0.2) is 0 Å². The molecule has 2 saturated heterocycles. The molecule has 0 saturated carbocycles. The van der Waals surface area contributed by atoms with Crippen molar-refractivity contribution < 1.29 is 31.1 Å². The zero-order chi connectivity index (χ0) is 22.1. The van der Waals surface area contributed by atoms with Crippen molar-refractivity contribution in [3.63, 3.8) is 0 Å². The summed E-state index contributed by atoms with van der Waals surface area (Å²) in [6.45, 7) is 1.98.